The highest BCUT2D eigenvalue weighted by Crippen LogP contribution is 2.38. The van der Waals surface area contributed by atoms with Crippen molar-refractivity contribution in [3.05, 3.63) is 96.1 Å². The van der Waals surface area contributed by atoms with Gasteiger partial charge in [0, 0.05) is 0 Å². The maximum Gasteiger partial charge on any atom is 0.298 e. The molecule has 3 aromatic carbocycles. The van der Waals surface area contributed by atoms with Crippen LogP contribution in [0.1, 0.15) is 29.3 Å². The van der Waals surface area contributed by atoms with Crippen molar-refractivity contribution in [2.45, 2.75) is 23.8 Å². The number of ketones is 1. The molecule has 0 radical (unpaired) electrons. The molecule has 144 valence electrons. The van der Waals surface area contributed by atoms with E-state index in [0.717, 1.165) is 0 Å². The lowest BCUT2D eigenvalue weighted by atomic mass is 9.83. The molecular weight excluding hydrogens is 376 g/mol. The number of hydrogen-bond donors (Lipinski definition) is 1. The number of benzene rings is 3. The highest BCUT2D eigenvalue weighted by atomic mass is 32.2. The molecule has 0 bridgehead atoms. The summed E-state index contributed by atoms with van der Waals surface area (Å²) in [7, 11) is -4.25. The Morgan fingerprint density at radius 1 is 0.893 bits per heavy atom. The van der Waals surface area contributed by atoms with Gasteiger partial charge in [-0.25, -0.2) is 4.18 Å². The van der Waals surface area contributed by atoms with Gasteiger partial charge in [0.15, 0.2) is 5.60 Å². The van der Waals surface area contributed by atoms with Crippen LogP contribution in [0.3, 0.4) is 0 Å². The SMILES string of the molecule is CCC(OS(=O)(=O)c1ccccc1)(C(=O)c1ccccc1O)c1ccccc1. The molecular formula is C22H20O5S. The van der Waals surface area contributed by atoms with Crippen LogP contribution in [0, 0.1) is 0 Å². The number of para-hydroxylation sites is 1. The van der Waals surface area contributed by atoms with Crippen LogP contribution in [-0.4, -0.2) is 19.3 Å². The molecule has 0 heterocycles. The Labute approximate surface area is 164 Å². The summed E-state index contributed by atoms with van der Waals surface area (Å²) in [4.78, 5) is 13.4. The summed E-state index contributed by atoms with van der Waals surface area (Å²) in [6.45, 7) is 1.67. The molecule has 0 amide bonds. The minimum atomic E-state index is -4.25. The summed E-state index contributed by atoms with van der Waals surface area (Å²) in [6.07, 6.45) is 0.0518. The number of rotatable bonds is 7. The highest BCUT2D eigenvalue weighted by Gasteiger charge is 2.45. The number of hydrogen-bond acceptors (Lipinski definition) is 5. The smallest absolute Gasteiger partial charge is 0.298 e. The predicted octanol–water partition coefficient (Wildman–Crippen LogP) is 4.29. The molecule has 1 N–H and O–H groups in total. The first-order valence-electron chi connectivity index (χ1n) is 8.80. The molecule has 5 nitrogen and oxygen atoms in total. The number of Topliss-reactive ketones (excluding diaryl/α,β-unsaturated/α-hetero) is 1. The van der Waals surface area contributed by atoms with Gasteiger partial charge in [-0.2, -0.15) is 8.42 Å². The minimum Gasteiger partial charge on any atom is -0.507 e. The normalized spacial score (nSPS) is 13.6. The summed E-state index contributed by atoms with van der Waals surface area (Å²) in [5.74, 6) is -0.860. The first-order valence-corrected chi connectivity index (χ1v) is 10.2. The Kier molecular flexibility index (Phi) is 5.63. The number of carbonyl (C=O) groups excluding carboxylic acids is 1. The third kappa shape index (κ3) is 3.69. The Morgan fingerprint density at radius 3 is 2.00 bits per heavy atom. The monoisotopic (exact) mass is 396 g/mol. The van der Waals surface area contributed by atoms with Crippen LogP contribution < -0.4 is 0 Å². The van der Waals surface area contributed by atoms with Crippen LogP contribution in [0.15, 0.2) is 89.8 Å². The Bertz CT molecular complexity index is 1060. The lowest BCUT2D eigenvalue weighted by Gasteiger charge is -2.31. The first-order chi connectivity index (χ1) is 13.4. The Balaban J connectivity index is 2.18. The Hall–Kier alpha value is -2.96. The van der Waals surface area contributed by atoms with Crippen LogP contribution in [0.4, 0.5) is 0 Å². The lowest BCUT2D eigenvalue weighted by molar-refractivity contribution is 0.0439. The highest BCUT2D eigenvalue weighted by molar-refractivity contribution is 7.86. The number of carbonyl (C=O) groups is 1. The maximum absolute atomic E-state index is 13.5. The van der Waals surface area contributed by atoms with E-state index in [1.54, 1.807) is 67.6 Å². The minimum absolute atomic E-state index is 0.00327. The van der Waals surface area contributed by atoms with E-state index in [1.807, 2.05) is 0 Å². The fourth-order valence-electron chi connectivity index (χ4n) is 3.05. The van der Waals surface area contributed by atoms with Gasteiger partial charge in [0.25, 0.3) is 10.1 Å². The molecule has 1 atom stereocenters. The van der Waals surface area contributed by atoms with E-state index >= 15 is 0 Å². The second-order valence-corrected chi connectivity index (χ2v) is 7.79. The molecule has 1 unspecified atom stereocenters. The molecule has 0 fully saturated rings. The molecule has 28 heavy (non-hydrogen) atoms. The number of phenols is 1. The van der Waals surface area contributed by atoms with E-state index < -0.39 is 21.5 Å². The van der Waals surface area contributed by atoms with Crippen molar-refractivity contribution >= 4 is 15.9 Å². The zero-order chi connectivity index (χ0) is 20.2. The van der Waals surface area contributed by atoms with Crippen LogP contribution in [-0.2, 0) is 19.9 Å². The van der Waals surface area contributed by atoms with Gasteiger partial charge in [-0.1, -0.05) is 67.6 Å². The van der Waals surface area contributed by atoms with Crippen molar-refractivity contribution in [3.8, 4) is 5.75 Å². The topological polar surface area (TPSA) is 80.7 Å². The van der Waals surface area contributed by atoms with Crippen LogP contribution in [0.5, 0.6) is 5.75 Å². The zero-order valence-electron chi connectivity index (χ0n) is 15.3. The maximum atomic E-state index is 13.5. The molecule has 0 spiro atoms. The molecule has 3 rings (SSSR count). The van der Waals surface area contributed by atoms with Gasteiger partial charge in [-0.3, -0.25) is 4.79 Å². The van der Waals surface area contributed by atoms with E-state index in [9.17, 15) is 18.3 Å². The standard InChI is InChI=1S/C22H20O5S/c1-2-22(17-11-5-3-6-12-17,21(24)19-15-9-10-16-20(19)23)27-28(25,26)18-13-7-4-8-14-18/h3-16,23H,2H2,1H3. The fourth-order valence-corrected chi connectivity index (χ4v) is 4.30. The first kappa shape index (κ1) is 19.8. The Morgan fingerprint density at radius 2 is 1.43 bits per heavy atom. The van der Waals surface area contributed by atoms with Crippen LogP contribution in [0.2, 0.25) is 0 Å². The van der Waals surface area contributed by atoms with Crippen molar-refractivity contribution in [2.24, 2.45) is 0 Å². The third-order valence-electron chi connectivity index (χ3n) is 4.54. The second kappa shape index (κ2) is 7.96. The largest absolute Gasteiger partial charge is 0.507 e. The van der Waals surface area contributed by atoms with Crippen molar-refractivity contribution in [1.82, 2.24) is 0 Å². The quantitative estimate of drug-likeness (QED) is 0.476. The number of aromatic hydroxyl groups is 1. The average molecular weight is 396 g/mol. The molecule has 6 heteroatoms. The van der Waals surface area contributed by atoms with Gasteiger partial charge >= 0.3 is 0 Å². The van der Waals surface area contributed by atoms with E-state index in [4.69, 9.17) is 4.18 Å². The van der Waals surface area contributed by atoms with Crippen molar-refractivity contribution < 1.29 is 22.5 Å². The molecule has 0 saturated heterocycles. The van der Waals surface area contributed by atoms with E-state index in [1.165, 1.54) is 24.3 Å². The summed E-state index contributed by atoms with van der Waals surface area (Å²) in [6, 6.07) is 22.1. The molecule has 0 saturated carbocycles. The summed E-state index contributed by atoms with van der Waals surface area (Å²) in [5, 5.41) is 10.2. The van der Waals surface area contributed by atoms with Gasteiger partial charge in [0.2, 0.25) is 5.78 Å². The van der Waals surface area contributed by atoms with Crippen molar-refractivity contribution in [2.75, 3.05) is 0 Å². The average Bonchev–Trinajstić information content (AvgIpc) is 2.73. The van der Waals surface area contributed by atoms with Crippen molar-refractivity contribution in [3.63, 3.8) is 0 Å². The van der Waals surface area contributed by atoms with Gasteiger partial charge in [-0.05, 0) is 36.2 Å². The second-order valence-electron chi connectivity index (χ2n) is 6.24. The summed E-state index contributed by atoms with van der Waals surface area (Å²) < 4.78 is 31.6. The van der Waals surface area contributed by atoms with Crippen molar-refractivity contribution in [1.29, 1.82) is 0 Å². The lowest BCUT2D eigenvalue weighted by Crippen LogP contribution is -2.40. The zero-order valence-corrected chi connectivity index (χ0v) is 16.1. The third-order valence-corrected chi connectivity index (χ3v) is 5.89. The molecule has 0 aromatic heterocycles. The summed E-state index contributed by atoms with van der Waals surface area (Å²) >= 11 is 0. The molecule has 0 aliphatic carbocycles. The number of phenolic OH excluding ortho intramolecular Hbond substituents is 1. The molecule has 0 aliphatic heterocycles. The predicted molar refractivity (Wildman–Crippen MR) is 106 cm³/mol. The van der Waals surface area contributed by atoms with E-state index in [-0.39, 0.29) is 22.6 Å². The van der Waals surface area contributed by atoms with Gasteiger partial charge in [-0.15, -0.1) is 0 Å². The fraction of sp³-hybridized carbons (Fsp3) is 0.136. The summed E-state index contributed by atoms with van der Waals surface area (Å²) in [5.41, 5.74) is -1.42. The van der Waals surface area contributed by atoms with Gasteiger partial charge < -0.3 is 5.11 Å². The van der Waals surface area contributed by atoms with Crippen LogP contribution in [0.25, 0.3) is 0 Å². The molecule has 3 aromatic rings. The van der Waals surface area contributed by atoms with Crippen LogP contribution >= 0.6 is 0 Å². The van der Waals surface area contributed by atoms with Gasteiger partial charge in [0.1, 0.15) is 5.75 Å². The van der Waals surface area contributed by atoms with E-state index in [0.29, 0.717) is 5.56 Å². The van der Waals surface area contributed by atoms with Gasteiger partial charge in [0.05, 0.1) is 10.5 Å². The van der Waals surface area contributed by atoms with E-state index in [2.05, 4.69) is 0 Å². The molecule has 0 aliphatic rings.